The second-order valence-electron chi connectivity index (χ2n) is 6.31. The summed E-state index contributed by atoms with van der Waals surface area (Å²) in [6.45, 7) is 5.59. The Morgan fingerprint density at radius 2 is 1.64 bits per heavy atom. The van der Waals surface area contributed by atoms with Crippen LogP contribution in [0.5, 0.6) is 0 Å². The highest BCUT2D eigenvalue weighted by atomic mass is 32.2. The largest absolute Gasteiger partial charge is 0.241 e. The molecule has 2 unspecified atom stereocenters. The van der Waals surface area contributed by atoms with E-state index in [0.29, 0.717) is 10.7 Å². The lowest BCUT2D eigenvalue weighted by atomic mass is 10.2. The van der Waals surface area contributed by atoms with Crippen molar-refractivity contribution in [3.63, 3.8) is 0 Å². The third-order valence-corrected chi connectivity index (χ3v) is 5.77. The molecule has 2 rings (SSSR count). The first-order valence-corrected chi connectivity index (χ1v) is 10.00. The first kappa shape index (κ1) is 17.8. The minimum atomic E-state index is 0.613. The lowest BCUT2D eigenvalue weighted by Gasteiger charge is -2.23. The molecule has 1 saturated heterocycles. The molecule has 2 nitrogen and oxygen atoms in total. The Morgan fingerprint density at radius 1 is 0.955 bits per heavy atom. The number of rotatable bonds is 10. The average Bonchev–Trinajstić information content (AvgIpc) is 2.91. The molecule has 1 heterocycles. The van der Waals surface area contributed by atoms with Crippen molar-refractivity contribution < 1.29 is 0 Å². The smallest absolute Gasteiger partial charge is 0.0716 e. The van der Waals surface area contributed by atoms with Gasteiger partial charge in [0.15, 0.2) is 0 Å². The van der Waals surface area contributed by atoms with Gasteiger partial charge in [0, 0.05) is 6.54 Å². The van der Waals surface area contributed by atoms with Gasteiger partial charge in [-0.3, -0.25) is 0 Å². The van der Waals surface area contributed by atoms with Gasteiger partial charge in [0.05, 0.1) is 10.7 Å². The average molecular weight is 321 g/mol. The van der Waals surface area contributed by atoms with Crippen LogP contribution in [0.25, 0.3) is 0 Å². The number of hydrogen-bond acceptors (Lipinski definition) is 3. The molecule has 0 bridgehead atoms. The molecule has 124 valence electrons. The number of nitrogens with zero attached hydrogens (tertiary/aromatic N) is 1. The maximum atomic E-state index is 3.77. The Morgan fingerprint density at radius 3 is 2.32 bits per heavy atom. The van der Waals surface area contributed by atoms with E-state index in [-0.39, 0.29) is 0 Å². The summed E-state index contributed by atoms with van der Waals surface area (Å²) >= 11 is 2.15. The van der Waals surface area contributed by atoms with Gasteiger partial charge < -0.3 is 0 Å². The normalized spacial score (nSPS) is 22.3. The molecule has 1 aliphatic rings. The second kappa shape index (κ2) is 10.3. The van der Waals surface area contributed by atoms with Crippen LogP contribution in [0.2, 0.25) is 0 Å². The highest BCUT2D eigenvalue weighted by molar-refractivity contribution is 8.00. The summed E-state index contributed by atoms with van der Waals surface area (Å²) in [6.07, 6.45) is 10.6. The van der Waals surface area contributed by atoms with Gasteiger partial charge in [-0.2, -0.15) is 0 Å². The van der Waals surface area contributed by atoms with E-state index in [0.717, 1.165) is 6.54 Å². The Balaban J connectivity index is 1.87. The fourth-order valence-corrected chi connectivity index (χ4v) is 4.46. The van der Waals surface area contributed by atoms with Crippen molar-refractivity contribution in [1.29, 1.82) is 0 Å². The summed E-state index contributed by atoms with van der Waals surface area (Å²) in [4.78, 5) is 0. The summed E-state index contributed by atoms with van der Waals surface area (Å²) in [5, 5.41) is 3.74. The quantitative estimate of drug-likeness (QED) is 0.569. The van der Waals surface area contributed by atoms with Gasteiger partial charge in [-0.1, -0.05) is 82.7 Å². The fourth-order valence-electron chi connectivity index (χ4n) is 2.99. The van der Waals surface area contributed by atoms with Crippen LogP contribution in [0, 0.1) is 0 Å². The van der Waals surface area contributed by atoms with Crippen molar-refractivity contribution in [2.75, 3.05) is 0 Å². The number of benzene rings is 1. The van der Waals surface area contributed by atoms with E-state index in [1.165, 1.54) is 56.9 Å². The predicted molar refractivity (Wildman–Crippen MR) is 98.6 cm³/mol. The molecule has 1 N–H and O–H groups in total. The van der Waals surface area contributed by atoms with E-state index in [1.807, 2.05) is 0 Å². The predicted octanol–water partition coefficient (Wildman–Crippen LogP) is 5.55. The third-order valence-electron chi connectivity index (χ3n) is 4.30. The number of nitrogens with one attached hydrogen (secondary N) is 1. The van der Waals surface area contributed by atoms with E-state index >= 15 is 0 Å². The Bertz CT molecular complexity index is 396. The topological polar surface area (TPSA) is 15.3 Å². The number of thioether (sulfide) groups is 1. The lowest BCUT2D eigenvalue weighted by Crippen LogP contribution is -2.38. The van der Waals surface area contributed by atoms with Gasteiger partial charge in [-0.15, -0.1) is 11.8 Å². The molecule has 2 atom stereocenters. The van der Waals surface area contributed by atoms with Crippen molar-refractivity contribution in [2.45, 2.75) is 82.5 Å². The fraction of sp³-hybridized carbons (Fsp3) is 0.684. The lowest BCUT2D eigenvalue weighted by molar-refractivity contribution is 0.167. The molecule has 22 heavy (non-hydrogen) atoms. The van der Waals surface area contributed by atoms with E-state index < -0.39 is 0 Å². The molecule has 3 heteroatoms. The van der Waals surface area contributed by atoms with Crippen LogP contribution >= 0.6 is 11.8 Å². The maximum Gasteiger partial charge on any atom is 0.0716 e. The van der Waals surface area contributed by atoms with Crippen molar-refractivity contribution >= 4 is 11.8 Å². The zero-order valence-electron chi connectivity index (χ0n) is 14.3. The Kier molecular flexibility index (Phi) is 8.35. The SMILES string of the molecule is CCCCCC1NN(Cc2ccccc2)C(CCCCC)S1. The van der Waals surface area contributed by atoms with Crippen LogP contribution in [0.1, 0.15) is 70.8 Å². The molecule has 0 amide bonds. The molecular weight excluding hydrogens is 288 g/mol. The summed E-state index contributed by atoms with van der Waals surface area (Å²) in [5.41, 5.74) is 5.18. The van der Waals surface area contributed by atoms with Crippen molar-refractivity contribution in [1.82, 2.24) is 10.4 Å². The molecule has 1 aliphatic heterocycles. The zero-order chi connectivity index (χ0) is 15.6. The summed E-state index contributed by atoms with van der Waals surface area (Å²) in [5.74, 6) is 0. The minimum absolute atomic E-state index is 0.613. The van der Waals surface area contributed by atoms with Crippen molar-refractivity contribution in [2.24, 2.45) is 0 Å². The number of unbranched alkanes of at least 4 members (excludes halogenated alkanes) is 4. The summed E-state index contributed by atoms with van der Waals surface area (Å²) < 4.78 is 0. The number of hydrogen-bond donors (Lipinski definition) is 1. The molecule has 1 aromatic rings. The van der Waals surface area contributed by atoms with E-state index in [1.54, 1.807) is 0 Å². The highest BCUT2D eigenvalue weighted by Crippen LogP contribution is 2.33. The second-order valence-corrected chi connectivity index (χ2v) is 7.70. The van der Waals surface area contributed by atoms with Gasteiger partial charge in [0.1, 0.15) is 0 Å². The molecule has 0 radical (unpaired) electrons. The van der Waals surface area contributed by atoms with Crippen LogP contribution in [0.4, 0.5) is 0 Å². The van der Waals surface area contributed by atoms with Gasteiger partial charge in [0.25, 0.3) is 0 Å². The molecule has 0 spiro atoms. The van der Waals surface area contributed by atoms with Crippen LogP contribution in [-0.4, -0.2) is 15.8 Å². The van der Waals surface area contributed by atoms with Crippen LogP contribution in [-0.2, 0) is 6.54 Å². The Labute approximate surface area is 141 Å². The monoisotopic (exact) mass is 320 g/mol. The van der Waals surface area contributed by atoms with Crippen LogP contribution in [0.15, 0.2) is 30.3 Å². The van der Waals surface area contributed by atoms with Crippen LogP contribution in [0.3, 0.4) is 0 Å². The van der Waals surface area contributed by atoms with Crippen molar-refractivity contribution in [3.8, 4) is 0 Å². The summed E-state index contributed by atoms with van der Waals surface area (Å²) in [6, 6.07) is 10.9. The highest BCUT2D eigenvalue weighted by Gasteiger charge is 2.31. The maximum absolute atomic E-state index is 3.77. The van der Waals surface area contributed by atoms with Gasteiger partial charge >= 0.3 is 0 Å². The van der Waals surface area contributed by atoms with E-state index in [9.17, 15) is 0 Å². The van der Waals surface area contributed by atoms with E-state index in [2.05, 4.69) is 66.4 Å². The van der Waals surface area contributed by atoms with E-state index in [4.69, 9.17) is 0 Å². The van der Waals surface area contributed by atoms with Gasteiger partial charge in [-0.05, 0) is 18.4 Å². The number of hydrazine groups is 1. The molecule has 0 aliphatic carbocycles. The first-order chi connectivity index (χ1) is 10.8. The Hall–Kier alpha value is -0.510. The van der Waals surface area contributed by atoms with Gasteiger partial charge in [-0.25, -0.2) is 10.4 Å². The first-order valence-electron chi connectivity index (χ1n) is 9.05. The van der Waals surface area contributed by atoms with Crippen molar-refractivity contribution in [3.05, 3.63) is 35.9 Å². The molecule has 1 fully saturated rings. The van der Waals surface area contributed by atoms with Gasteiger partial charge in [0.2, 0.25) is 0 Å². The molecule has 0 aromatic heterocycles. The molecule has 0 saturated carbocycles. The summed E-state index contributed by atoms with van der Waals surface area (Å²) in [7, 11) is 0. The minimum Gasteiger partial charge on any atom is -0.241 e. The zero-order valence-corrected chi connectivity index (χ0v) is 15.1. The molecule has 1 aromatic carbocycles. The third kappa shape index (κ3) is 5.94. The standard InChI is InChI=1S/C19H32N2S/c1-3-5-8-14-18-20-21(16-17-12-10-7-11-13-17)19(22-18)15-9-6-4-2/h7,10-13,18-20H,3-6,8-9,14-16H2,1-2H3. The van der Waals surface area contributed by atoms with Crippen LogP contribution < -0.4 is 5.43 Å². The molecular formula is C19H32N2S.